The third kappa shape index (κ3) is 1.78. The molecule has 3 nitrogen and oxygen atoms in total. The van der Waals surface area contributed by atoms with Gasteiger partial charge in [-0.05, 0) is 17.5 Å². The van der Waals surface area contributed by atoms with Gasteiger partial charge >= 0.3 is 0 Å². The molecule has 2 aromatic heterocycles. The van der Waals surface area contributed by atoms with Gasteiger partial charge in [-0.3, -0.25) is 4.79 Å². The molecule has 2 heterocycles. The summed E-state index contributed by atoms with van der Waals surface area (Å²) in [6, 6.07) is 5.74. The van der Waals surface area contributed by atoms with E-state index in [1.807, 2.05) is 17.5 Å². The van der Waals surface area contributed by atoms with Crippen molar-refractivity contribution < 1.29 is 0 Å². The Balaban J connectivity index is 2.51. The van der Waals surface area contributed by atoms with E-state index in [-0.39, 0.29) is 5.56 Å². The normalized spacial score (nSPS) is 10.4. The fraction of sp³-hybridized carbons (Fsp3) is 0.111. The summed E-state index contributed by atoms with van der Waals surface area (Å²) in [5, 5.41) is 8.99. The van der Waals surface area contributed by atoms with Crippen LogP contribution in [0.25, 0.3) is 10.6 Å². The molecule has 0 saturated heterocycles. The minimum atomic E-state index is -0.137. The number of hydrogen-bond acceptors (Lipinski definition) is 3. The van der Waals surface area contributed by atoms with Crippen LogP contribution in [-0.4, -0.2) is 10.2 Å². The van der Waals surface area contributed by atoms with Crippen molar-refractivity contribution in [2.24, 2.45) is 0 Å². The standard InChI is InChI=1S/C9H7BrN2OS/c10-5-6-4-7(11-12-9(6)13)8-2-1-3-14-8/h1-4H,5H2,(H,12,13). The van der Waals surface area contributed by atoms with Gasteiger partial charge in [0.25, 0.3) is 5.56 Å². The summed E-state index contributed by atoms with van der Waals surface area (Å²) in [7, 11) is 0. The van der Waals surface area contributed by atoms with E-state index in [4.69, 9.17) is 0 Å². The average molecular weight is 271 g/mol. The van der Waals surface area contributed by atoms with Crippen LogP contribution in [0.1, 0.15) is 5.56 Å². The van der Waals surface area contributed by atoms with Gasteiger partial charge in [-0.15, -0.1) is 11.3 Å². The monoisotopic (exact) mass is 270 g/mol. The number of hydrogen-bond donors (Lipinski definition) is 1. The molecule has 5 heteroatoms. The Bertz CT molecular complexity index is 478. The van der Waals surface area contributed by atoms with E-state index in [0.29, 0.717) is 10.9 Å². The van der Waals surface area contributed by atoms with Crippen molar-refractivity contribution in [3.05, 3.63) is 39.5 Å². The van der Waals surface area contributed by atoms with Crippen molar-refractivity contribution >= 4 is 27.3 Å². The van der Waals surface area contributed by atoms with Crippen LogP contribution in [-0.2, 0) is 5.33 Å². The largest absolute Gasteiger partial charge is 0.268 e. The molecule has 2 rings (SSSR count). The molecule has 0 amide bonds. The zero-order chi connectivity index (χ0) is 9.97. The Morgan fingerprint density at radius 2 is 2.43 bits per heavy atom. The molecule has 0 aliphatic rings. The number of H-pyrrole nitrogens is 1. The first kappa shape index (κ1) is 9.61. The molecule has 0 atom stereocenters. The van der Waals surface area contributed by atoms with Gasteiger partial charge in [-0.1, -0.05) is 22.0 Å². The van der Waals surface area contributed by atoms with Crippen molar-refractivity contribution in [1.29, 1.82) is 0 Å². The topological polar surface area (TPSA) is 45.8 Å². The number of nitrogens with zero attached hydrogens (tertiary/aromatic N) is 1. The highest BCUT2D eigenvalue weighted by atomic mass is 79.9. The van der Waals surface area contributed by atoms with Gasteiger partial charge in [0.15, 0.2) is 0 Å². The highest BCUT2D eigenvalue weighted by Gasteiger charge is 2.04. The summed E-state index contributed by atoms with van der Waals surface area (Å²) in [6.45, 7) is 0. The van der Waals surface area contributed by atoms with E-state index in [1.165, 1.54) is 0 Å². The number of nitrogens with one attached hydrogen (secondary N) is 1. The van der Waals surface area contributed by atoms with Crippen LogP contribution in [0, 0.1) is 0 Å². The van der Waals surface area contributed by atoms with Gasteiger partial charge in [0.05, 0.1) is 4.88 Å². The maximum Gasteiger partial charge on any atom is 0.268 e. The number of aromatic amines is 1. The smallest absolute Gasteiger partial charge is 0.268 e. The van der Waals surface area contributed by atoms with Crippen molar-refractivity contribution in [3.8, 4) is 10.6 Å². The van der Waals surface area contributed by atoms with Crippen LogP contribution in [0.5, 0.6) is 0 Å². The van der Waals surface area contributed by atoms with E-state index < -0.39 is 0 Å². The van der Waals surface area contributed by atoms with Gasteiger partial charge in [0.2, 0.25) is 0 Å². The molecular formula is C9H7BrN2OS. The zero-order valence-electron chi connectivity index (χ0n) is 7.16. The Labute approximate surface area is 92.9 Å². The van der Waals surface area contributed by atoms with E-state index in [1.54, 1.807) is 17.4 Å². The lowest BCUT2D eigenvalue weighted by Crippen LogP contribution is -2.12. The number of thiophene rings is 1. The van der Waals surface area contributed by atoms with E-state index >= 15 is 0 Å². The summed E-state index contributed by atoms with van der Waals surface area (Å²) in [6.07, 6.45) is 0. The molecular weight excluding hydrogens is 264 g/mol. The lowest BCUT2D eigenvalue weighted by molar-refractivity contribution is 0.975. The number of alkyl halides is 1. The molecule has 0 unspecified atom stereocenters. The Hall–Kier alpha value is -0.940. The molecule has 0 aromatic carbocycles. The summed E-state index contributed by atoms with van der Waals surface area (Å²) in [5.74, 6) is 0. The molecule has 0 bridgehead atoms. The molecule has 0 aliphatic heterocycles. The second-order valence-electron chi connectivity index (χ2n) is 2.72. The summed E-state index contributed by atoms with van der Waals surface area (Å²) in [5.41, 5.74) is 1.37. The molecule has 72 valence electrons. The van der Waals surface area contributed by atoms with Crippen LogP contribution in [0.4, 0.5) is 0 Å². The van der Waals surface area contributed by atoms with Gasteiger partial charge in [-0.25, -0.2) is 5.10 Å². The first-order chi connectivity index (χ1) is 6.81. The first-order valence-corrected chi connectivity index (χ1v) is 6.00. The van der Waals surface area contributed by atoms with E-state index in [0.717, 1.165) is 10.6 Å². The van der Waals surface area contributed by atoms with Crippen LogP contribution in [0.3, 0.4) is 0 Å². The van der Waals surface area contributed by atoms with Crippen LogP contribution in [0.2, 0.25) is 0 Å². The summed E-state index contributed by atoms with van der Waals surface area (Å²) in [4.78, 5) is 12.3. The molecule has 1 N–H and O–H groups in total. The predicted octanol–water partition coefficient (Wildman–Crippen LogP) is 2.39. The third-order valence-corrected chi connectivity index (χ3v) is 3.29. The Morgan fingerprint density at radius 3 is 3.07 bits per heavy atom. The van der Waals surface area contributed by atoms with Crippen LogP contribution >= 0.6 is 27.3 Å². The second kappa shape index (κ2) is 4.06. The van der Waals surface area contributed by atoms with E-state index in [9.17, 15) is 4.79 Å². The van der Waals surface area contributed by atoms with Crippen molar-refractivity contribution in [2.75, 3.05) is 0 Å². The first-order valence-electron chi connectivity index (χ1n) is 3.99. The fourth-order valence-corrected chi connectivity index (χ4v) is 2.20. The highest BCUT2D eigenvalue weighted by molar-refractivity contribution is 9.08. The quantitative estimate of drug-likeness (QED) is 0.852. The molecule has 0 radical (unpaired) electrons. The summed E-state index contributed by atoms with van der Waals surface area (Å²) >= 11 is 4.86. The number of halogens is 1. The predicted molar refractivity (Wildman–Crippen MR) is 60.8 cm³/mol. The average Bonchev–Trinajstić information content (AvgIpc) is 2.71. The minimum absolute atomic E-state index is 0.137. The Kier molecular flexibility index (Phi) is 2.79. The van der Waals surface area contributed by atoms with Gasteiger partial charge in [0, 0.05) is 10.9 Å². The zero-order valence-corrected chi connectivity index (χ0v) is 9.56. The van der Waals surface area contributed by atoms with Crippen molar-refractivity contribution in [2.45, 2.75) is 5.33 Å². The van der Waals surface area contributed by atoms with Gasteiger partial charge in [-0.2, -0.15) is 5.10 Å². The van der Waals surface area contributed by atoms with Gasteiger partial charge < -0.3 is 0 Å². The summed E-state index contributed by atoms with van der Waals surface area (Å²) < 4.78 is 0. The SMILES string of the molecule is O=c1[nH]nc(-c2cccs2)cc1CBr. The number of rotatable bonds is 2. The van der Waals surface area contributed by atoms with Gasteiger partial charge in [0.1, 0.15) is 5.69 Å². The lowest BCUT2D eigenvalue weighted by Gasteiger charge is -1.97. The molecule has 0 spiro atoms. The highest BCUT2D eigenvalue weighted by Crippen LogP contribution is 2.21. The minimum Gasteiger partial charge on any atom is -0.268 e. The van der Waals surface area contributed by atoms with Crippen molar-refractivity contribution in [1.82, 2.24) is 10.2 Å². The number of aromatic nitrogens is 2. The fourth-order valence-electron chi connectivity index (χ4n) is 1.10. The van der Waals surface area contributed by atoms with Crippen LogP contribution in [0.15, 0.2) is 28.4 Å². The second-order valence-corrected chi connectivity index (χ2v) is 4.23. The molecule has 2 aromatic rings. The third-order valence-electron chi connectivity index (χ3n) is 1.80. The van der Waals surface area contributed by atoms with E-state index in [2.05, 4.69) is 26.1 Å². The lowest BCUT2D eigenvalue weighted by atomic mass is 10.2. The molecule has 0 aliphatic carbocycles. The van der Waals surface area contributed by atoms with Crippen LogP contribution < -0.4 is 5.56 Å². The Morgan fingerprint density at radius 1 is 1.57 bits per heavy atom. The maximum absolute atomic E-state index is 11.2. The molecule has 14 heavy (non-hydrogen) atoms. The molecule has 0 saturated carbocycles. The molecule has 0 fully saturated rings. The van der Waals surface area contributed by atoms with Crippen molar-refractivity contribution in [3.63, 3.8) is 0 Å². The maximum atomic E-state index is 11.2.